The van der Waals surface area contributed by atoms with Gasteiger partial charge in [-0.1, -0.05) is 13.8 Å². The molecule has 0 unspecified atom stereocenters. The molecule has 1 amide bonds. The van der Waals surface area contributed by atoms with E-state index >= 15 is 0 Å². The van der Waals surface area contributed by atoms with Crippen molar-refractivity contribution in [1.29, 1.82) is 0 Å². The second-order valence-corrected chi connectivity index (χ2v) is 10.9. The molecule has 10 heteroatoms. The topological polar surface area (TPSA) is 104 Å². The molecular formula is C20H27N3O5S2. The van der Waals surface area contributed by atoms with Gasteiger partial charge in [-0.25, -0.2) is 16.8 Å². The highest BCUT2D eigenvalue weighted by atomic mass is 32.2. The zero-order valence-corrected chi connectivity index (χ0v) is 19.3. The van der Waals surface area contributed by atoms with Crippen LogP contribution in [0.15, 0.2) is 52.3 Å². The monoisotopic (exact) mass is 453 g/mol. The zero-order valence-electron chi connectivity index (χ0n) is 17.7. The van der Waals surface area contributed by atoms with Crippen LogP contribution in [-0.4, -0.2) is 60.5 Å². The summed E-state index contributed by atoms with van der Waals surface area (Å²) in [4.78, 5) is 14.7. The molecule has 2 aromatic carbocycles. The van der Waals surface area contributed by atoms with Crippen molar-refractivity contribution in [2.24, 2.45) is 0 Å². The molecule has 164 valence electrons. The van der Waals surface area contributed by atoms with Crippen molar-refractivity contribution in [1.82, 2.24) is 4.31 Å². The molecule has 2 aromatic rings. The van der Waals surface area contributed by atoms with Gasteiger partial charge >= 0.3 is 0 Å². The van der Waals surface area contributed by atoms with Crippen molar-refractivity contribution in [2.45, 2.75) is 23.6 Å². The fraction of sp³-hybridized carbons (Fsp3) is 0.350. The van der Waals surface area contributed by atoms with Gasteiger partial charge in [0.15, 0.2) is 9.84 Å². The molecule has 0 heterocycles. The molecule has 1 N–H and O–H groups in total. The number of hydrogen-bond acceptors (Lipinski definition) is 6. The number of carbonyl (C=O) groups is 1. The number of benzene rings is 2. The first-order valence-corrected chi connectivity index (χ1v) is 12.7. The van der Waals surface area contributed by atoms with Gasteiger partial charge in [0.1, 0.15) is 0 Å². The highest BCUT2D eigenvalue weighted by Gasteiger charge is 2.23. The SMILES string of the molecule is CCN(CC)S(=O)(=O)c1ccc(N(C)C)c(NC(=O)c2ccc(S(C)(=O)=O)cc2)c1. The van der Waals surface area contributed by atoms with Crippen LogP contribution in [0.1, 0.15) is 24.2 Å². The number of amides is 1. The third-order valence-electron chi connectivity index (χ3n) is 4.59. The second kappa shape index (κ2) is 9.15. The molecule has 0 aliphatic rings. The molecule has 0 aromatic heterocycles. The molecular weight excluding hydrogens is 426 g/mol. The first-order valence-electron chi connectivity index (χ1n) is 9.34. The van der Waals surface area contributed by atoms with Crippen LogP contribution in [-0.2, 0) is 19.9 Å². The molecule has 30 heavy (non-hydrogen) atoms. The molecule has 8 nitrogen and oxygen atoms in total. The predicted molar refractivity (Wildman–Crippen MR) is 118 cm³/mol. The molecule has 0 spiro atoms. The quantitative estimate of drug-likeness (QED) is 0.658. The minimum absolute atomic E-state index is 0.0829. The van der Waals surface area contributed by atoms with Crippen molar-refractivity contribution in [3.8, 4) is 0 Å². The highest BCUT2D eigenvalue weighted by Crippen LogP contribution is 2.29. The number of nitrogens with zero attached hydrogens (tertiary/aromatic N) is 2. The van der Waals surface area contributed by atoms with E-state index in [1.807, 2.05) is 0 Å². The van der Waals surface area contributed by atoms with Crippen LogP contribution in [0, 0.1) is 0 Å². The highest BCUT2D eigenvalue weighted by molar-refractivity contribution is 7.90. The van der Waals surface area contributed by atoms with Crippen molar-refractivity contribution in [2.75, 3.05) is 43.7 Å². The summed E-state index contributed by atoms with van der Waals surface area (Å²) in [5.41, 5.74) is 1.23. The summed E-state index contributed by atoms with van der Waals surface area (Å²) in [6.07, 6.45) is 1.09. The van der Waals surface area contributed by atoms with Crippen LogP contribution in [0.25, 0.3) is 0 Å². The van der Waals surface area contributed by atoms with Crippen LogP contribution < -0.4 is 10.2 Å². The van der Waals surface area contributed by atoms with Gasteiger partial charge in [0, 0.05) is 39.0 Å². The minimum atomic E-state index is -3.69. The number of anilines is 2. The largest absolute Gasteiger partial charge is 0.376 e. The van der Waals surface area contributed by atoms with Crippen LogP contribution in [0.4, 0.5) is 11.4 Å². The Morgan fingerprint density at radius 1 is 0.900 bits per heavy atom. The molecule has 0 bridgehead atoms. The van der Waals surface area contributed by atoms with E-state index in [-0.39, 0.29) is 15.4 Å². The maximum atomic E-state index is 12.9. The summed E-state index contributed by atoms with van der Waals surface area (Å²) >= 11 is 0. The summed E-state index contributed by atoms with van der Waals surface area (Å²) in [7, 11) is -3.49. The third kappa shape index (κ3) is 5.18. The lowest BCUT2D eigenvalue weighted by Gasteiger charge is -2.22. The average molecular weight is 454 g/mol. The molecule has 0 radical (unpaired) electrons. The van der Waals surface area contributed by atoms with E-state index in [4.69, 9.17) is 0 Å². The van der Waals surface area contributed by atoms with Gasteiger partial charge in [0.2, 0.25) is 10.0 Å². The van der Waals surface area contributed by atoms with E-state index in [1.165, 1.54) is 40.7 Å². The third-order valence-corrected chi connectivity index (χ3v) is 7.76. The first-order chi connectivity index (χ1) is 13.9. The smallest absolute Gasteiger partial charge is 0.255 e. The van der Waals surface area contributed by atoms with Gasteiger partial charge in [0.25, 0.3) is 5.91 Å². The molecule has 0 saturated carbocycles. The number of carbonyl (C=O) groups excluding carboxylic acids is 1. The van der Waals surface area contributed by atoms with Gasteiger partial charge in [0.05, 0.1) is 21.2 Å². The Morgan fingerprint density at radius 2 is 1.43 bits per heavy atom. The molecule has 0 atom stereocenters. The summed E-state index contributed by atoms with van der Waals surface area (Å²) in [5.74, 6) is -0.476. The fourth-order valence-electron chi connectivity index (χ4n) is 2.93. The molecule has 0 aliphatic carbocycles. The van der Waals surface area contributed by atoms with Gasteiger partial charge in [-0.15, -0.1) is 0 Å². The Balaban J connectivity index is 2.43. The minimum Gasteiger partial charge on any atom is -0.376 e. The maximum absolute atomic E-state index is 12.9. The van der Waals surface area contributed by atoms with Gasteiger partial charge in [-0.2, -0.15) is 4.31 Å². The van der Waals surface area contributed by atoms with E-state index in [1.54, 1.807) is 38.9 Å². The predicted octanol–water partition coefficient (Wildman–Crippen LogP) is 2.44. The van der Waals surface area contributed by atoms with Gasteiger partial charge < -0.3 is 10.2 Å². The van der Waals surface area contributed by atoms with E-state index < -0.39 is 25.8 Å². The van der Waals surface area contributed by atoms with Crippen LogP contribution in [0.3, 0.4) is 0 Å². The summed E-state index contributed by atoms with van der Waals surface area (Å²) in [6, 6.07) is 10.1. The summed E-state index contributed by atoms with van der Waals surface area (Å²) in [5, 5.41) is 2.74. The standard InChI is InChI=1S/C20H27N3O5S2/c1-6-23(7-2)30(27,28)17-12-13-19(22(3)4)18(14-17)21-20(24)15-8-10-16(11-9-15)29(5,25)26/h8-14H,6-7H2,1-5H3,(H,21,24). The maximum Gasteiger partial charge on any atom is 0.255 e. The van der Waals surface area contributed by atoms with Crippen molar-refractivity contribution in [3.05, 3.63) is 48.0 Å². The molecule has 0 aliphatic heterocycles. The lowest BCUT2D eigenvalue weighted by molar-refractivity contribution is 0.102. The first kappa shape index (κ1) is 23.8. The van der Waals surface area contributed by atoms with Crippen LogP contribution in [0.2, 0.25) is 0 Å². The second-order valence-electron chi connectivity index (χ2n) is 6.91. The Labute approximate surface area is 178 Å². The van der Waals surface area contributed by atoms with E-state index in [0.717, 1.165) is 6.26 Å². The Kier molecular flexibility index (Phi) is 7.27. The zero-order chi connectivity index (χ0) is 22.7. The fourth-order valence-corrected chi connectivity index (χ4v) is 5.04. The van der Waals surface area contributed by atoms with Crippen molar-refractivity contribution in [3.63, 3.8) is 0 Å². The number of sulfonamides is 1. The van der Waals surface area contributed by atoms with Gasteiger partial charge in [-0.05, 0) is 42.5 Å². The van der Waals surface area contributed by atoms with Crippen molar-refractivity contribution >= 4 is 37.1 Å². The Morgan fingerprint density at radius 3 is 1.90 bits per heavy atom. The number of hydrogen-bond donors (Lipinski definition) is 1. The van der Waals surface area contributed by atoms with Gasteiger partial charge in [-0.3, -0.25) is 4.79 Å². The number of sulfone groups is 1. The van der Waals surface area contributed by atoms with E-state index in [2.05, 4.69) is 5.32 Å². The normalized spacial score (nSPS) is 12.1. The van der Waals surface area contributed by atoms with Crippen LogP contribution >= 0.6 is 0 Å². The number of rotatable bonds is 8. The summed E-state index contributed by atoms with van der Waals surface area (Å²) < 4.78 is 50.2. The Bertz CT molecular complexity index is 1120. The number of nitrogens with one attached hydrogen (secondary N) is 1. The molecule has 2 rings (SSSR count). The van der Waals surface area contributed by atoms with E-state index in [0.29, 0.717) is 24.5 Å². The average Bonchev–Trinajstić information content (AvgIpc) is 2.67. The lowest BCUT2D eigenvalue weighted by atomic mass is 10.2. The Hall–Kier alpha value is -2.43. The summed E-state index contributed by atoms with van der Waals surface area (Å²) in [6.45, 7) is 4.20. The van der Waals surface area contributed by atoms with E-state index in [9.17, 15) is 21.6 Å². The van der Waals surface area contributed by atoms with Crippen molar-refractivity contribution < 1.29 is 21.6 Å². The molecule has 0 saturated heterocycles. The van der Waals surface area contributed by atoms with Crippen LogP contribution in [0.5, 0.6) is 0 Å². The molecule has 0 fully saturated rings. The lowest BCUT2D eigenvalue weighted by Crippen LogP contribution is -2.30.